The molecule has 0 spiro atoms. The molecule has 56 valence electrons. The van der Waals surface area contributed by atoms with Gasteiger partial charge >= 0.3 is 0 Å². The van der Waals surface area contributed by atoms with Gasteiger partial charge in [-0.05, 0) is 32.4 Å². The summed E-state index contributed by atoms with van der Waals surface area (Å²) in [5.41, 5.74) is 1.26. The number of hydrogen-bond donors (Lipinski definition) is 0. The number of allylic oxidation sites excluding steroid dienone is 6. The Kier molecular flexibility index (Phi) is 5.32. The number of rotatable bonds is 2. The molecule has 0 N–H and O–H groups in total. The molecule has 0 unspecified atom stereocenters. The Hall–Kier alpha value is -0.300. The molecule has 0 amide bonds. The van der Waals surface area contributed by atoms with Crippen molar-refractivity contribution in [1.82, 2.24) is 0 Å². The Morgan fingerprint density at radius 3 is 2.30 bits per heavy atom. The number of hydrogen-bond acceptors (Lipinski definition) is 0. The van der Waals surface area contributed by atoms with Crippen LogP contribution in [0.15, 0.2) is 34.4 Å². The third kappa shape index (κ3) is 3.67. The maximum Gasteiger partial charge on any atom is 0.0201 e. The molecular formula is C9H13Br. The molecule has 0 fully saturated rings. The highest BCUT2D eigenvalue weighted by molar-refractivity contribution is 9.12. The molecule has 0 nitrogen and oxygen atoms in total. The number of halogens is 1. The maximum absolute atomic E-state index is 3.45. The van der Waals surface area contributed by atoms with Crippen molar-refractivity contribution in [2.24, 2.45) is 0 Å². The summed E-state index contributed by atoms with van der Waals surface area (Å²) in [4.78, 5) is 0. The Morgan fingerprint density at radius 2 is 1.90 bits per heavy atom. The molecule has 0 atom stereocenters. The average Bonchev–Trinajstić information content (AvgIpc) is 1.98. The van der Waals surface area contributed by atoms with Crippen LogP contribution in [-0.2, 0) is 0 Å². The Morgan fingerprint density at radius 1 is 1.30 bits per heavy atom. The lowest BCUT2D eigenvalue weighted by atomic mass is 10.2. The van der Waals surface area contributed by atoms with E-state index in [1.807, 2.05) is 32.1 Å². The monoisotopic (exact) mass is 200 g/mol. The molecule has 10 heavy (non-hydrogen) atoms. The second-order valence-corrected chi connectivity index (χ2v) is 2.87. The summed E-state index contributed by atoms with van der Waals surface area (Å²) in [6, 6.07) is 0. The van der Waals surface area contributed by atoms with Gasteiger partial charge in [-0.15, -0.1) is 0 Å². The molecule has 0 aliphatic carbocycles. The van der Waals surface area contributed by atoms with E-state index >= 15 is 0 Å². The standard InChI is InChI=1S/C9H13Br/c1-4-6-7-9(10)8(3)5-2/h4-7H,1-3H3/b6-4-,8-5+,9-7+. The van der Waals surface area contributed by atoms with E-state index in [0.29, 0.717) is 0 Å². The zero-order valence-electron chi connectivity index (χ0n) is 6.69. The predicted octanol–water partition coefficient (Wildman–Crippen LogP) is 3.81. The minimum absolute atomic E-state index is 1.15. The third-order valence-corrected chi connectivity index (χ3v) is 2.13. The minimum atomic E-state index is 1.15. The fraction of sp³-hybridized carbons (Fsp3) is 0.333. The van der Waals surface area contributed by atoms with E-state index in [2.05, 4.69) is 28.9 Å². The van der Waals surface area contributed by atoms with Crippen molar-refractivity contribution >= 4 is 15.9 Å². The molecule has 0 rings (SSSR count). The topological polar surface area (TPSA) is 0 Å². The van der Waals surface area contributed by atoms with E-state index in [0.717, 1.165) is 4.48 Å². The van der Waals surface area contributed by atoms with Gasteiger partial charge in [0.1, 0.15) is 0 Å². The molecule has 0 aromatic rings. The first kappa shape index (κ1) is 9.70. The first-order chi connectivity index (χ1) is 4.72. The molecule has 0 aromatic carbocycles. The van der Waals surface area contributed by atoms with Crippen molar-refractivity contribution < 1.29 is 0 Å². The van der Waals surface area contributed by atoms with Gasteiger partial charge in [0.25, 0.3) is 0 Å². The van der Waals surface area contributed by atoms with E-state index in [1.54, 1.807) is 0 Å². The molecule has 0 aliphatic heterocycles. The van der Waals surface area contributed by atoms with Gasteiger partial charge in [0.05, 0.1) is 0 Å². The summed E-state index contributed by atoms with van der Waals surface area (Å²) in [6.45, 7) is 6.10. The third-order valence-electron chi connectivity index (χ3n) is 1.24. The van der Waals surface area contributed by atoms with E-state index < -0.39 is 0 Å². The molecule has 0 bridgehead atoms. The van der Waals surface area contributed by atoms with Crippen LogP contribution in [0.25, 0.3) is 0 Å². The highest BCUT2D eigenvalue weighted by Gasteiger charge is 1.88. The highest BCUT2D eigenvalue weighted by atomic mass is 79.9. The van der Waals surface area contributed by atoms with Crippen LogP contribution in [0.3, 0.4) is 0 Å². The van der Waals surface area contributed by atoms with Crippen LogP contribution in [0.4, 0.5) is 0 Å². The summed E-state index contributed by atoms with van der Waals surface area (Å²) < 4.78 is 1.15. The second-order valence-electron chi connectivity index (χ2n) is 2.01. The minimum Gasteiger partial charge on any atom is -0.0876 e. The lowest BCUT2D eigenvalue weighted by Gasteiger charge is -1.93. The van der Waals surface area contributed by atoms with Gasteiger partial charge in [-0.25, -0.2) is 0 Å². The van der Waals surface area contributed by atoms with Gasteiger partial charge < -0.3 is 0 Å². The zero-order valence-corrected chi connectivity index (χ0v) is 8.27. The van der Waals surface area contributed by atoms with Gasteiger partial charge in [-0.2, -0.15) is 0 Å². The van der Waals surface area contributed by atoms with Gasteiger partial charge in [0, 0.05) is 4.48 Å². The van der Waals surface area contributed by atoms with Gasteiger partial charge in [-0.1, -0.05) is 34.2 Å². The Balaban J connectivity index is 4.19. The van der Waals surface area contributed by atoms with Crippen molar-refractivity contribution in [2.45, 2.75) is 20.8 Å². The van der Waals surface area contributed by atoms with Crippen molar-refractivity contribution in [1.29, 1.82) is 0 Å². The van der Waals surface area contributed by atoms with Crippen LogP contribution in [0.2, 0.25) is 0 Å². The van der Waals surface area contributed by atoms with Gasteiger partial charge in [0.2, 0.25) is 0 Å². The van der Waals surface area contributed by atoms with Gasteiger partial charge in [-0.3, -0.25) is 0 Å². The maximum atomic E-state index is 3.45. The van der Waals surface area contributed by atoms with Crippen molar-refractivity contribution in [3.63, 3.8) is 0 Å². The first-order valence-electron chi connectivity index (χ1n) is 3.34. The van der Waals surface area contributed by atoms with Crippen molar-refractivity contribution in [2.75, 3.05) is 0 Å². The quantitative estimate of drug-likeness (QED) is 0.596. The molecule has 0 radical (unpaired) electrons. The van der Waals surface area contributed by atoms with Crippen LogP contribution in [0, 0.1) is 0 Å². The smallest absolute Gasteiger partial charge is 0.0201 e. The summed E-state index contributed by atoms with van der Waals surface area (Å²) in [5, 5.41) is 0. The Bertz CT molecular complexity index is 173. The van der Waals surface area contributed by atoms with Crippen LogP contribution >= 0.6 is 15.9 Å². The molecule has 0 heterocycles. The van der Waals surface area contributed by atoms with Gasteiger partial charge in [0.15, 0.2) is 0 Å². The Labute approximate surface area is 71.5 Å². The molecule has 0 saturated heterocycles. The highest BCUT2D eigenvalue weighted by Crippen LogP contribution is 2.15. The largest absolute Gasteiger partial charge is 0.0876 e. The van der Waals surface area contributed by atoms with Crippen LogP contribution < -0.4 is 0 Å². The average molecular weight is 201 g/mol. The predicted molar refractivity (Wildman–Crippen MR) is 51.3 cm³/mol. The SMILES string of the molecule is C\C=C/C=C(Br)\C(C)=C\C. The summed E-state index contributed by atoms with van der Waals surface area (Å²) in [5.74, 6) is 0. The van der Waals surface area contributed by atoms with E-state index in [-0.39, 0.29) is 0 Å². The molecule has 0 saturated carbocycles. The summed E-state index contributed by atoms with van der Waals surface area (Å²) in [7, 11) is 0. The lowest BCUT2D eigenvalue weighted by molar-refractivity contribution is 1.46. The summed E-state index contributed by atoms with van der Waals surface area (Å²) in [6.07, 6.45) is 8.13. The fourth-order valence-corrected chi connectivity index (χ4v) is 0.832. The molecular weight excluding hydrogens is 188 g/mol. The van der Waals surface area contributed by atoms with E-state index in [4.69, 9.17) is 0 Å². The second kappa shape index (κ2) is 5.48. The fourth-order valence-electron chi connectivity index (χ4n) is 0.450. The van der Waals surface area contributed by atoms with Crippen LogP contribution in [0.1, 0.15) is 20.8 Å². The molecule has 0 aliphatic rings. The van der Waals surface area contributed by atoms with E-state index in [1.165, 1.54) is 5.57 Å². The van der Waals surface area contributed by atoms with Crippen LogP contribution in [-0.4, -0.2) is 0 Å². The van der Waals surface area contributed by atoms with Crippen molar-refractivity contribution in [3.05, 3.63) is 34.4 Å². The lowest BCUT2D eigenvalue weighted by Crippen LogP contribution is -1.71. The molecule has 0 aromatic heterocycles. The van der Waals surface area contributed by atoms with E-state index in [9.17, 15) is 0 Å². The van der Waals surface area contributed by atoms with Crippen LogP contribution in [0.5, 0.6) is 0 Å². The zero-order chi connectivity index (χ0) is 7.98. The first-order valence-corrected chi connectivity index (χ1v) is 4.13. The normalized spacial score (nSPS) is 14.8. The van der Waals surface area contributed by atoms with Crippen molar-refractivity contribution in [3.8, 4) is 0 Å². The molecule has 1 heteroatoms. The summed E-state index contributed by atoms with van der Waals surface area (Å²) >= 11 is 3.45.